The summed E-state index contributed by atoms with van der Waals surface area (Å²) in [5.41, 5.74) is 2.72. The van der Waals surface area contributed by atoms with Crippen molar-refractivity contribution < 1.29 is 29.0 Å². The number of carbonyl (C=O) groups is 3. The Labute approximate surface area is 213 Å². The average molecular weight is 509 g/mol. The van der Waals surface area contributed by atoms with E-state index in [4.69, 9.17) is 9.47 Å². The van der Waals surface area contributed by atoms with Crippen molar-refractivity contribution >= 4 is 34.1 Å². The number of ether oxygens (including phenoxy) is 2. The number of rotatable bonds is 8. The minimum absolute atomic E-state index is 0.0945. The summed E-state index contributed by atoms with van der Waals surface area (Å²) >= 11 is 1.20. The van der Waals surface area contributed by atoms with Crippen LogP contribution in [0.4, 0.5) is 5.00 Å². The van der Waals surface area contributed by atoms with Gasteiger partial charge in [-0.1, -0.05) is 31.5 Å². The normalized spacial score (nSPS) is 12.6. The first kappa shape index (κ1) is 25.2. The molecule has 2 heterocycles. The molecule has 0 saturated carbocycles. The van der Waals surface area contributed by atoms with Gasteiger partial charge in [0.1, 0.15) is 5.00 Å². The fourth-order valence-corrected chi connectivity index (χ4v) is 5.65. The third-order valence-electron chi connectivity index (χ3n) is 6.17. The summed E-state index contributed by atoms with van der Waals surface area (Å²) in [5, 5.41) is 13.0. The summed E-state index contributed by atoms with van der Waals surface area (Å²) in [5.74, 6) is -0.896. The van der Waals surface area contributed by atoms with Crippen LogP contribution in [0, 0.1) is 0 Å². The number of methoxy groups -OCH3 is 2. The molecule has 8 nitrogen and oxygen atoms in total. The van der Waals surface area contributed by atoms with Gasteiger partial charge in [0.2, 0.25) is 0 Å². The number of carboxylic acid groups (broad SMARTS) is 1. The number of thiophene rings is 1. The van der Waals surface area contributed by atoms with Crippen LogP contribution in [0.2, 0.25) is 0 Å². The number of fused-ring (bicyclic) bond motifs is 1. The number of aryl methyl sites for hydroxylation is 1. The van der Waals surface area contributed by atoms with E-state index in [1.807, 2.05) is 12.1 Å². The average Bonchev–Trinajstić information content (AvgIpc) is 3.25. The molecular weight excluding hydrogens is 480 g/mol. The van der Waals surface area contributed by atoms with Crippen LogP contribution in [-0.2, 0) is 19.4 Å². The van der Waals surface area contributed by atoms with E-state index in [0.29, 0.717) is 41.2 Å². The lowest BCUT2D eigenvalue weighted by Crippen LogP contribution is -2.36. The number of nitrogens with zero attached hydrogens (tertiary/aromatic N) is 1. The summed E-state index contributed by atoms with van der Waals surface area (Å²) in [6.07, 6.45) is 2.31. The van der Waals surface area contributed by atoms with Gasteiger partial charge < -0.3 is 24.8 Å². The lowest BCUT2D eigenvalue weighted by atomic mass is 10.0. The van der Waals surface area contributed by atoms with E-state index in [9.17, 15) is 19.5 Å². The number of para-hydroxylation sites is 1. The molecule has 0 bridgehead atoms. The van der Waals surface area contributed by atoms with Crippen molar-refractivity contribution in [1.29, 1.82) is 0 Å². The summed E-state index contributed by atoms with van der Waals surface area (Å²) in [7, 11) is 2.99. The third-order valence-corrected chi connectivity index (χ3v) is 7.31. The van der Waals surface area contributed by atoms with Gasteiger partial charge in [0.15, 0.2) is 11.5 Å². The van der Waals surface area contributed by atoms with Crippen LogP contribution >= 0.6 is 11.3 Å². The summed E-state index contributed by atoms with van der Waals surface area (Å²) in [4.78, 5) is 40.7. The Morgan fingerprint density at radius 2 is 1.83 bits per heavy atom. The monoisotopic (exact) mass is 508 g/mol. The van der Waals surface area contributed by atoms with E-state index in [0.717, 1.165) is 23.3 Å². The van der Waals surface area contributed by atoms with Crippen LogP contribution in [0.25, 0.3) is 0 Å². The van der Waals surface area contributed by atoms with Crippen LogP contribution in [0.15, 0.2) is 42.5 Å². The van der Waals surface area contributed by atoms with Crippen molar-refractivity contribution in [2.24, 2.45) is 0 Å². The summed E-state index contributed by atoms with van der Waals surface area (Å²) in [6.45, 7) is 2.67. The fourth-order valence-electron chi connectivity index (χ4n) is 4.40. The molecule has 4 rings (SSSR count). The zero-order chi connectivity index (χ0) is 25.8. The van der Waals surface area contributed by atoms with Gasteiger partial charge in [0.05, 0.1) is 31.9 Å². The molecule has 1 aromatic heterocycles. The van der Waals surface area contributed by atoms with Gasteiger partial charge in [-0.15, -0.1) is 11.3 Å². The molecule has 2 N–H and O–H groups in total. The van der Waals surface area contributed by atoms with Gasteiger partial charge in [-0.2, -0.15) is 0 Å². The topological polar surface area (TPSA) is 105 Å². The Hall–Kier alpha value is -3.85. The van der Waals surface area contributed by atoms with Crippen LogP contribution in [0.3, 0.4) is 0 Å². The van der Waals surface area contributed by atoms with E-state index >= 15 is 0 Å². The highest BCUT2D eigenvalue weighted by molar-refractivity contribution is 7.17. The maximum atomic E-state index is 13.3. The smallest absolute Gasteiger partial charge is 0.339 e. The standard InChI is InChI=1S/C27H28N2O6S/c1-4-6-16-9-11-17(12-10-16)24(30)28-25-22(27(32)33)18-13-14-29(15-21(18)36-25)26(31)19-7-5-8-20(34-2)23(19)35-3/h5,7-12H,4,6,13-15H2,1-3H3,(H,28,30)(H,32,33). The number of hydrogen-bond acceptors (Lipinski definition) is 6. The first-order valence-electron chi connectivity index (χ1n) is 11.7. The van der Waals surface area contributed by atoms with Crippen molar-refractivity contribution in [1.82, 2.24) is 4.90 Å². The zero-order valence-corrected chi connectivity index (χ0v) is 21.2. The van der Waals surface area contributed by atoms with Gasteiger partial charge in [-0.25, -0.2) is 4.79 Å². The summed E-state index contributed by atoms with van der Waals surface area (Å²) < 4.78 is 10.7. The molecule has 9 heteroatoms. The number of carbonyl (C=O) groups excluding carboxylic acids is 2. The minimum atomic E-state index is -1.10. The number of aromatic carboxylic acids is 1. The predicted octanol–water partition coefficient (Wildman–Crippen LogP) is 4.87. The van der Waals surface area contributed by atoms with E-state index in [1.165, 1.54) is 25.6 Å². The number of hydrogen-bond donors (Lipinski definition) is 2. The molecule has 0 saturated heterocycles. The molecule has 3 aromatic rings. The van der Waals surface area contributed by atoms with Crippen molar-refractivity contribution in [3.05, 3.63) is 75.2 Å². The van der Waals surface area contributed by atoms with Crippen LogP contribution in [0.1, 0.15) is 60.4 Å². The maximum absolute atomic E-state index is 13.3. The molecule has 2 amide bonds. The Kier molecular flexibility index (Phi) is 7.59. The highest BCUT2D eigenvalue weighted by Gasteiger charge is 2.32. The molecule has 0 radical (unpaired) electrons. The van der Waals surface area contributed by atoms with E-state index in [-0.39, 0.29) is 28.9 Å². The third kappa shape index (κ3) is 4.92. The number of nitrogens with one attached hydrogen (secondary N) is 1. The molecular formula is C27H28N2O6S. The van der Waals surface area contributed by atoms with Crippen molar-refractivity contribution in [2.45, 2.75) is 32.7 Å². The van der Waals surface area contributed by atoms with Gasteiger partial charge in [0.25, 0.3) is 11.8 Å². The van der Waals surface area contributed by atoms with Gasteiger partial charge >= 0.3 is 5.97 Å². The van der Waals surface area contributed by atoms with Crippen molar-refractivity contribution in [3.63, 3.8) is 0 Å². The van der Waals surface area contributed by atoms with Gasteiger partial charge in [0, 0.05) is 17.0 Å². The van der Waals surface area contributed by atoms with Crippen molar-refractivity contribution in [3.8, 4) is 11.5 Å². The molecule has 1 aliphatic rings. The number of carboxylic acids is 1. The molecule has 0 unspecified atom stereocenters. The molecule has 0 spiro atoms. The molecule has 0 fully saturated rings. The first-order valence-corrected chi connectivity index (χ1v) is 12.5. The first-order chi connectivity index (χ1) is 17.4. The van der Waals surface area contributed by atoms with E-state index < -0.39 is 5.97 Å². The van der Waals surface area contributed by atoms with Crippen LogP contribution in [-0.4, -0.2) is 48.6 Å². The Bertz CT molecular complexity index is 1300. The zero-order valence-electron chi connectivity index (χ0n) is 20.4. The maximum Gasteiger partial charge on any atom is 0.339 e. The highest BCUT2D eigenvalue weighted by atomic mass is 32.1. The predicted molar refractivity (Wildman–Crippen MR) is 138 cm³/mol. The fraction of sp³-hybridized carbons (Fsp3) is 0.296. The summed E-state index contributed by atoms with van der Waals surface area (Å²) in [6, 6.07) is 12.4. The lowest BCUT2D eigenvalue weighted by Gasteiger charge is -2.28. The second kappa shape index (κ2) is 10.8. The largest absolute Gasteiger partial charge is 0.493 e. The molecule has 2 aromatic carbocycles. The Morgan fingerprint density at radius 1 is 1.08 bits per heavy atom. The quantitative estimate of drug-likeness (QED) is 0.450. The lowest BCUT2D eigenvalue weighted by molar-refractivity contribution is 0.0696. The number of amides is 2. The van der Waals surface area contributed by atoms with Crippen molar-refractivity contribution in [2.75, 3.05) is 26.1 Å². The van der Waals surface area contributed by atoms with E-state index in [2.05, 4.69) is 12.2 Å². The molecule has 0 atom stereocenters. The molecule has 188 valence electrons. The Morgan fingerprint density at radius 3 is 2.47 bits per heavy atom. The minimum Gasteiger partial charge on any atom is -0.493 e. The number of anilines is 1. The van der Waals surface area contributed by atoms with Gasteiger partial charge in [-0.05, 0) is 48.2 Å². The molecule has 36 heavy (non-hydrogen) atoms. The molecule has 1 aliphatic heterocycles. The second-order valence-corrected chi connectivity index (χ2v) is 9.54. The van der Waals surface area contributed by atoms with Gasteiger partial charge in [-0.3, -0.25) is 9.59 Å². The van der Waals surface area contributed by atoms with Crippen LogP contribution < -0.4 is 14.8 Å². The SMILES string of the molecule is CCCc1ccc(C(=O)Nc2sc3c(c2C(=O)O)CCN(C(=O)c2cccc(OC)c2OC)C3)cc1. The Balaban J connectivity index is 1.58. The van der Waals surface area contributed by atoms with Crippen LogP contribution in [0.5, 0.6) is 11.5 Å². The molecule has 0 aliphatic carbocycles. The second-order valence-electron chi connectivity index (χ2n) is 8.43. The van der Waals surface area contributed by atoms with E-state index in [1.54, 1.807) is 35.2 Å². The highest BCUT2D eigenvalue weighted by Crippen LogP contribution is 2.39. The number of benzene rings is 2.